The fourth-order valence-electron chi connectivity index (χ4n) is 1.22. The van der Waals surface area contributed by atoms with Gasteiger partial charge in [-0.05, 0) is 31.5 Å². The van der Waals surface area contributed by atoms with Crippen LogP contribution in [0.2, 0.25) is 0 Å². The van der Waals surface area contributed by atoms with Crippen molar-refractivity contribution in [2.45, 2.75) is 25.9 Å². The van der Waals surface area contributed by atoms with E-state index < -0.39 is 5.60 Å². The van der Waals surface area contributed by atoms with E-state index in [4.69, 9.17) is 6.42 Å². The van der Waals surface area contributed by atoms with Crippen LogP contribution in [0.25, 0.3) is 0 Å². The van der Waals surface area contributed by atoms with Crippen molar-refractivity contribution in [1.82, 2.24) is 0 Å². The lowest BCUT2D eigenvalue weighted by Crippen LogP contribution is -2.21. The molecule has 1 nitrogen and oxygen atoms in total. The van der Waals surface area contributed by atoms with E-state index in [9.17, 15) is 5.11 Å². The average Bonchev–Trinajstić information content (AvgIpc) is 2.03. The van der Waals surface area contributed by atoms with Crippen molar-refractivity contribution in [2.24, 2.45) is 0 Å². The fourth-order valence-corrected chi connectivity index (χ4v) is 1.22. The van der Waals surface area contributed by atoms with Crippen LogP contribution in [-0.2, 0) is 6.42 Å². The van der Waals surface area contributed by atoms with Crippen LogP contribution in [0.4, 0.5) is 0 Å². The SMILES string of the molecule is C#Cc1ccc(CC(C)(C)O)cc1. The molecule has 0 atom stereocenters. The lowest BCUT2D eigenvalue weighted by Gasteiger charge is -2.16. The van der Waals surface area contributed by atoms with E-state index >= 15 is 0 Å². The van der Waals surface area contributed by atoms with Crippen molar-refractivity contribution in [1.29, 1.82) is 0 Å². The second kappa shape index (κ2) is 3.64. The van der Waals surface area contributed by atoms with Gasteiger partial charge in [0.05, 0.1) is 5.60 Å². The van der Waals surface area contributed by atoms with Crippen molar-refractivity contribution < 1.29 is 5.11 Å². The molecule has 0 aromatic heterocycles. The summed E-state index contributed by atoms with van der Waals surface area (Å²) < 4.78 is 0. The standard InChI is InChI=1S/C12H14O/c1-4-10-5-7-11(8-6-10)9-12(2,3)13/h1,5-8,13H,9H2,2-3H3. The molecule has 1 heteroatoms. The summed E-state index contributed by atoms with van der Waals surface area (Å²) in [7, 11) is 0. The van der Waals surface area contributed by atoms with E-state index in [1.807, 2.05) is 24.3 Å². The molecule has 0 heterocycles. The van der Waals surface area contributed by atoms with Crippen LogP contribution in [0, 0.1) is 12.3 Å². The number of aliphatic hydroxyl groups is 1. The highest BCUT2D eigenvalue weighted by molar-refractivity contribution is 5.34. The highest BCUT2D eigenvalue weighted by Crippen LogP contribution is 2.12. The second-order valence-electron chi connectivity index (χ2n) is 3.83. The van der Waals surface area contributed by atoms with Crippen LogP contribution in [-0.4, -0.2) is 10.7 Å². The maximum Gasteiger partial charge on any atom is 0.0631 e. The zero-order valence-corrected chi connectivity index (χ0v) is 8.04. The van der Waals surface area contributed by atoms with Crippen molar-refractivity contribution in [3.8, 4) is 12.3 Å². The molecule has 0 fully saturated rings. The van der Waals surface area contributed by atoms with E-state index in [-0.39, 0.29) is 0 Å². The smallest absolute Gasteiger partial charge is 0.0631 e. The Morgan fingerprint density at radius 3 is 2.23 bits per heavy atom. The molecule has 0 bridgehead atoms. The number of terminal acetylenes is 1. The van der Waals surface area contributed by atoms with Gasteiger partial charge in [-0.1, -0.05) is 18.1 Å². The largest absolute Gasteiger partial charge is 0.390 e. The molecule has 0 aliphatic carbocycles. The van der Waals surface area contributed by atoms with Crippen molar-refractivity contribution >= 4 is 0 Å². The molecular weight excluding hydrogens is 160 g/mol. The minimum Gasteiger partial charge on any atom is -0.390 e. The molecule has 0 spiro atoms. The normalized spacial score (nSPS) is 10.9. The summed E-state index contributed by atoms with van der Waals surface area (Å²) in [5, 5.41) is 9.56. The Hall–Kier alpha value is -1.26. The van der Waals surface area contributed by atoms with Gasteiger partial charge < -0.3 is 5.11 Å². The van der Waals surface area contributed by atoms with Crippen LogP contribution in [0.5, 0.6) is 0 Å². The first-order valence-corrected chi connectivity index (χ1v) is 4.29. The summed E-state index contributed by atoms with van der Waals surface area (Å²) in [5.41, 5.74) is 1.32. The third kappa shape index (κ3) is 3.31. The highest BCUT2D eigenvalue weighted by Gasteiger charge is 2.12. The first-order valence-electron chi connectivity index (χ1n) is 4.29. The van der Waals surface area contributed by atoms with Crippen molar-refractivity contribution in [3.05, 3.63) is 35.4 Å². The predicted molar refractivity (Wildman–Crippen MR) is 54.4 cm³/mol. The van der Waals surface area contributed by atoms with Crippen LogP contribution in [0.15, 0.2) is 24.3 Å². The molecule has 68 valence electrons. The lowest BCUT2D eigenvalue weighted by atomic mass is 9.98. The monoisotopic (exact) mass is 174 g/mol. The number of hydrogen-bond acceptors (Lipinski definition) is 1. The van der Waals surface area contributed by atoms with Gasteiger partial charge in [0.1, 0.15) is 0 Å². The lowest BCUT2D eigenvalue weighted by molar-refractivity contribution is 0.0810. The fraction of sp³-hybridized carbons (Fsp3) is 0.333. The maximum absolute atomic E-state index is 9.56. The van der Waals surface area contributed by atoms with Crippen molar-refractivity contribution in [3.63, 3.8) is 0 Å². The Morgan fingerprint density at radius 1 is 1.31 bits per heavy atom. The third-order valence-corrected chi connectivity index (χ3v) is 1.76. The van der Waals surface area contributed by atoms with E-state index in [1.165, 1.54) is 0 Å². The Labute approximate surface area is 79.4 Å². The Balaban J connectivity index is 2.77. The zero-order valence-electron chi connectivity index (χ0n) is 8.04. The van der Waals surface area contributed by atoms with E-state index in [0.29, 0.717) is 6.42 Å². The topological polar surface area (TPSA) is 20.2 Å². The maximum atomic E-state index is 9.56. The molecule has 0 amide bonds. The van der Waals surface area contributed by atoms with Gasteiger partial charge in [0.2, 0.25) is 0 Å². The van der Waals surface area contributed by atoms with E-state index in [2.05, 4.69) is 5.92 Å². The van der Waals surface area contributed by atoms with Gasteiger partial charge in [0.15, 0.2) is 0 Å². The molecule has 0 aliphatic rings. The van der Waals surface area contributed by atoms with Gasteiger partial charge in [-0.2, -0.15) is 0 Å². The van der Waals surface area contributed by atoms with E-state index in [1.54, 1.807) is 13.8 Å². The van der Waals surface area contributed by atoms with Gasteiger partial charge in [0.25, 0.3) is 0 Å². The summed E-state index contributed by atoms with van der Waals surface area (Å²) >= 11 is 0. The van der Waals surface area contributed by atoms with Crippen LogP contribution in [0.3, 0.4) is 0 Å². The Bertz CT molecular complexity index is 308. The van der Waals surface area contributed by atoms with Gasteiger partial charge in [-0.25, -0.2) is 0 Å². The molecule has 0 radical (unpaired) electrons. The first-order chi connectivity index (χ1) is 6.01. The Kier molecular flexibility index (Phi) is 2.75. The summed E-state index contributed by atoms with van der Waals surface area (Å²) in [6.45, 7) is 3.59. The Morgan fingerprint density at radius 2 is 1.85 bits per heavy atom. The molecule has 0 aliphatic heterocycles. The molecule has 0 saturated carbocycles. The van der Waals surface area contributed by atoms with E-state index in [0.717, 1.165) is 11.1 Å². The van der Waals surface area contributed by atoms with Crippen LogP contribution < -0.4 is 0 Å². The average molecular weight is 174 g/mol. The quantitative estimate of drug-likeness (QED) is 0.680. The third-order valence-electron chi connectivity index (χ3n) is 1.76. The summed E-state index contributed by atoms with van der Waals surface area (Å²) in [6, 6.07) is 7.68. The zero-order chi connectivity index (χ0) is 9.90. The van der Waals surface area contributed by atoms with Crippen LogP contribution >= 0.6 is 0 Å². The molecule has 1 rings (SSSR count). The molecule has 0 unspecified atom stereocenters. The van der Waals surface area contributed by atoms with Gasteiger partial charge >= 0.3 is 0 Å². The number of hydrogen-bond donors (Lipinski definition) is 1. The predicted octanol–water partition coefficient (Wildman–Crippen LogP) is 1.98. The minimum atomic E-state index is -0.655. The minimum absolute atomic E-state index is 0.651. The van der Waals surface area contributed by atoms with Gasteiger partial charge in [0, 0.05) is 12.0 Å². The summed E-state index contributed by atoms with van der Waals surface area (Å²) in [6.07, 6.45) is 5.88. The summed E-state index contributed by atoms with van der Waals surface area (Å²) in [4.78, 5) is 0. The van der Waals surface area contributed by atoms with Crippen molar-refractivity contribution in [2.75, 3.05) is 0 Å². The molecule has 1 aromatic carbocycles. The van der Waals surface area contributed by atoms with Gasteiger partial charge in [-0.15, -0.1) is 6.42 Å². The summed E-state index contributed by atoms with van der Waals surface area (Å²) in [5.74, 6) is 2.55. The molecule has 0 saturated heterocycles. The molecular formula is C12H14O. The second-order valence-corrected chi connectivity index (χ2v) is 3.83. The molecule has 13 heavy (non-hydrogen) atoms. The highest BCUT2D eigenvalue weighted by atomic mass is 16.3. The molecule has 1 aromatic rings. The van der Waals surface area contributed by atoms with Crippen LogP contribution in [0.1, 0.15) is 25.0 Å². The number of benzene rings is 1. The number of rotatable bonds is 2. The first kappa shape index (κ1) is 9.83. The van der Waals surface area contributed by atoms with Gasteiger partial charge in [-0.3, -0.25) is 0 Å². The molecule has 1 N–H and O–H groups in total.